The fourth-order valence-electron chi connectivity index (χ4n) is 2.31. The highest BCUT2D eigenvalue weighted by Gasteiger charge is 2.03. The van der Waals surface area contributed by atoms with Gasteiger partial charge >= 0.3 is 0 Å². The van der Waals surface area contributed by atoms with E-state index in [1.165, 1.54) is 17.2 Å². The highest BCUT2D eigenvalue weighted by molar-refractivity contribution is 7.98. The molecule has 0 aliphatic heterocycles. The number of hydrogen-bond donors (Lipinski definition) is 1. The molecule has 0 saturated carbocycles. The van der Waals surface area contributed by atoms with E-state index in [-0.39, 0.29) is 5.91 Å². The quantitative estimate of drug-likeness (QED) is 0.533. The minimum atomic E-state index is -0.101. The van der Waals surface area contributed by atoms with E-state index < -0.39 is 0 Å². The van der Waals surface area contributed by atoms with Gasteiger partial charge in [0.15, 0.2) is 11.5 Å². The molecule has 2 aromatic rings. The monoisotopic (exact) mass is 371 g/mol. The van der Waals surface area contributed by atoms with Crippen molar-refractivity contribution in [2.45, 2.75) is 12.7 Å². The number of benzene rings is 2. The van der Waals surface area contributed by atoms with Crippen molar-refractivity contribution < 1.29 is 14.3 Å². The van der Waals surface area contributed by atoms with Crippen LogP contribution in [0.2, 0.25) is 0 Å². The van der Waals surface area contributed by atoms with Crippen molar-refractivity contribution in [1.29, 1.82) is 0 Å². The summed E-state index contributed by atoms with van der Waals surface area (Å²) in [5.41, 5.74) is 3.46. The normalized spacial score (nSPS) is 10.7. The molecule has 0 fully saturated rings. The van der Waals surface area contributed by atoms with Crippen molar-refractivity contribution in [1.82, 2.24) is 5.32 Å². The van der Waals surface area contributed by atoms with Crippen LogP contribution in [-0.4, -0.2) is 32.4 Å². The first kappa shape index (κ1) is 19.9. The van der Waals surface area contributed by atoms with Gasteiger partial charge in [-0.1, -0.05) is 35.9 Å². The van der Waals surface area contributed by atoms with Gasteiger partial charge in [0, 0.05) is 24.1 Å². The maximum Gasteiger partial charge on any atom is 0.244 e. The minimum absolute atomic E-state index is 0.101. The summed E-state index contributed by atoms with van der Waals surface area (Å²) in [6, 6.07) is 14.1. The van der Waals surface area contributed by atoms with E-state index in [9.17, 15) is 4.79 Å². The number of nitrogens with one attached hydrogen (secondary N) is 1. The van der Waals surface area contributed by atoms with Crippen LogP contribution in [-0.2, 0) is 10.5 Å². The zero-order valence-electron chi connectivity index (χ0n) is 15.5. The van der Waals surface area contributed by atoms with Crippen molar-refractivity contribution in [3.63, 3.8) is 0 Å². The molecule has 0 atom stereocenters. The molecule has 1 N–H and O–H groups in total. The Balaban J connectivity index is 1.71. The van der Waals surface area contributed by atoms with Gasteiger partial charge in [0.25, 0.3) is 0 Å². The van der Waals surface area contributed by atoms with Gasteiger partial charge in [-0.2, -0.15) is 11.8 Å². The molecule has 0 radical (unpaired) electrons. The van der Waals surface area contributed by atoms with Crippen LogP contribution in [0.25, 0.3) is 6.08 Å². The Morgan fingerprint density at radius 3 is 2.50 bits per heavy atom. The predicted molar refractivity (Wildman–Crippen MR) is 109 cm³/mol. The van der Waals surface area contributed by atoms with Crippen LogP contribution in [0.1, 0.15) is 16.7 Å². The lowest BCUT2D eigenvalue weighted by atomic mass is 10.2. The average molecular weight is 372 g/mol. The molecule has 1 amide bonds. The predicted octanol–water partition coefficient (Wildman–Crippen LogP) is 4.08. The Labute approximate surface area is 159 Å². The maximum atomic E-state index is 11.9. The van der Waals surface area contributed by atoms with Crippen molar-refractivity contribution in [3.8, 4) is 11.5 Å². The van der Waals surface area contributed by atoms with Crippen LogP contribution in [0.5, 0.6) is 11.5 Å². The summed E-state index contributed by atoms with van der Waals surface area (Å²) in [5.74, 6) is 3.04. The first-order valence-electron chi connectivity index (χ1n) is 8.43. The molecule has 4 nitrogen and oxygen atoms in total. The van der Waals surface area contributed by atoms with Crippen LogP contribution in [0, 0.1) is 6.92 Å². The zero-order chi connectivity index (χ0) is 18.8. The van der Waals surface area contributed by atoms with Gasteiger partial charge in [0.1, 0.15) is 0 Å². The number of methoxy groups -OCH3 is 2. The summed E-state index contributed by atoms with van der Waals surface area (Å²) >= 11 is 1.81. The number of carbonyl (C=O) groups is 1. The van der Waals surface area contributed by atoms with Gasteiger partial charge in [0.2, 0.25) is 5.91 Å². The molecule has 5 heteroatoms. The Hall–Kier alpha value is -2.40. The number of rotatable bonds is 9. The van der Waals surface area contributed by atoms with Gasteiger partial charge < -0.3 is 14.8 Å². The number of aryl methyl sites for hydroxylation is 1. The smallest absolute Gasteiger partial charge is 0.244 e. The molecule has 0 bridgehead atoms. The summed E-state index contributed by atoms with van der Waals surface area (Å²) < 4.78 is 10.5. The Bertz CT molecular complexity index is 741. The van der Waals surface area contributed by atoms with Gasteiger partial charge in [-0.05, 0) is 36.3 Å². The van der Waals surface area contributed by atoms with Gasteiger partial charge in [-0.25, -0.2) is 0 Å². The first-order valence-corrected chi connectivity index (χ1v) is 9.59. The number of hydrogen-bond acceptors (Lipinski definition) is 4. The summed E-state index contributed by atoms with van der Waals surface area (Å²) in [6.07, 6.45) is 3.29. The lowest BCUT2D eigenvalue weighted by Gasteiger charge is -2.07. The minimum Gasteiger partial charge on any atom is -0.493 e. The molecule has 2 aromatic carbocycles. The molecule has 0 saturated heterocycles. The Morgan fingerprint density at radius 2 is 1.81 bits per heavy atom. The van der Waals surface area contributed by atoms with Gasteiger partial charge in [-0.15, -0.1) is 0 Å². The largest absolute Gasteiger partial charge is 0.493 e. The third kappa shape index (κ3) is 6.48. The topological polar surface area (TPSA) is 47.6 Å². The van der Waals surface area contributed by atoms with Crippen LogP contribution in [0.3, 0.4) is 0 Å². The molecule has 0 unspecified atom stereocenters. The summed E-state index contributed by atoms with van der Waals surface area (Å²) in [6.45, 7) is 2.73. The third-order valence-corrected chi connectivity index (χ3v) is 4.80. The zero-order valence-corrected chi connectivity index (χ0v) is 16.3. The van der Waals surface area contributed by atoms with Crippen LogP contribution < -0.4 is 14.8 Å². The van der Waals surface area contributed by atoms with E-state index in [2.05, 4.69) is 36.5 Å². The second-order valence-electron chi connectivity index (χ2n) is 5.78. The van der Waals surface area contributed by atoms with E-state index in [0.717, 1.165) is 17.1 Å². The fraction of sp³-hybridized carbons (Fsp3) is 0.286. The van der Waals surface area contributed by atoms with Crippen molar-refractivity contribution in [2.75, 3.05) is 26.5 Å². The van der Waals surface area contributed by atoms with Gasteiger partial charge in [0.05, 0.1) is 14.2 Å². The van der Waals surface area contributed by atoms with Crippen LogP contribution in [0.15, 0.2) is 48.5 Å². The number of carbonyl (C=O) groups excluding carboxylic acids is 1. The number of ether oxygens (including phenoxy) is 2. The number of thioether (sulfide) groups is 1. The van der Waals surface area contributed by atoms with E-state index in [0.29, 0.717) is 18.0 Å². The second-order valence-corrected chi connectivity index (χ2v) is 6.88. The Morgan fingerprint density at radius 1 is 1.08 bits per heavy atom. The molecule has 0 aliphatic rings. The molecular weight excluding hydrogens is 346 g/mol. The molecule has 0 aliphatic carbocycles. The van der Waals surface area contributed by atoms with Crippen LogP contribution in [0.4, 0.5) is 0 Å². The van der Waals surface area contributed by atoms with E-state index in [1.54, 1.807) is 20.3 Å². The molecule has 0 heterocycles. The van der Waals surface area contributed by atoms with Crippen molar-refractivity contribution in [3.05, 3.63) is 65.2 Å². The maximum absolute atomic E-state index is 11.9. The fourth-order valence-corrected chi connectivity index (χ4v) is 3.13. The summed E-state index contributed by atoms with van der Waals surface area (Å²) in [5, 5.41) is 2.90. The third-order valence-electron chi connectivity index (χ3n) is 3.77. The molecule has 0 aromatic heterocycles. The van der Waals surface area contributed by atoms with E-state index >= 15 is 0 Å². The first-order chi connectivity index (χ1) is 12.6. The average Bonchev–Trinajstić information content (AvgIpc) is 2.67. The van der Waals surface area contributed by atoms with Crippen molar-refractivity contribution >= 4 is 23.7 Å². The molecule has 0 spiro atoms. The standard InChI is InChI=1S/C21H25NO3S/c1-16-4-6-18(7-5-16)15-26-13-12-22-21(23)11-9-17-8-10-19(24-2)20(14-17)25-3/h4-11,14H,12-13,15H2,1-3H3,(H,22,23)/b11-9+. The van der Waals surface area contributed by atoms with E-state index in [1.807, 2.05) is 30.0 Å². The van der Waals surface area contributed by atoms with Crippen LogP contribution >= 0.6 is 11.8 Å². The highest BCUT2D eigenvalue weighted by Crippen LogP contribution is 2.27. The lowest BCUT2D eigenvalue weighted by molar-refractivity contribution is -0.116. The molecule has 2 rings (SSSR count). The molecule has 26 heavy (non-hydrogen) atoms. The lowest BCUT2D eigenvalue weighted by Crippen LogP contribution is -2.23. The second kappa shape index (κ2) is 10.6. The molecular formula is C21H25NO3S. The Kier molecular flexibility index (Phi) is 8.09. The number of amides is 1. The highest BCUT2D eigenvalue weighted by atomic mass is 32.2. The van der Waals surface area contributed by atoms with E-state index in [4.69, 9.17) is 9.47 Å². The summed E-state index contributed by atoms with van der Waals surface area (Å²) in [7, 11) is 3.18. The summed E-state index contributed by atoms with van der Waals surface area (Å²) in [4.78, 5) is 11.9. The SMILES string of the molecule is COc1ccc(/C=C/C(=O)NCCSCc2ccc(C)cc2)cc1OC. The van der Waals surface area contributed by atoms with Crippen molar-refractivity contribution in [2.24, 2.45) is 0 Å². The van der Waals surface area contributed by atoms with Gasteiger partial charge in [-0.3, -0.25) is 4.79 Å². The molecule has 138 valence electrons.